The fraction of sp³-hybridized carbons (Fsp3) is 0. The van der Waals surface area contributed by atoms with Gasteiger partial charge in [-0.3, -0.25) is 4.79 Å². The van der Waals surface area contributed by atoms with Crippen molar-refractivity contribution < 1.29 is 4.79 Å². The van der Waals surface area contributed by atoms with Crippen LogP contribution in [-0.2, 0) is 0 Å². The Morgan fingerprint density at radius 3 is 2.60 bits per heavy atom. The van der Waals surface area contributed by atoms with Crippen molar-refractivity contribution in [2.75, 3.05) is 0 Å². The van der Waals surface area contributed by atoms with E-state index >= 15 is 0 Å². The average Bonchev–Trinajstić information content (AvgIpc) is 2.62. The lowest BCUT2D eigenvalue weighted by Crippen LogP contribution is -2.12. The molecule has 0 radical (unpaired) electrons. The third-order valence-electron chi connectivity index (χ3n) is 1.87. The van der Waals surface area contributed by atoms with Gasteiger partial charge in [-0.2, -0.15) is 0 Å². The molecule has 0 atom stereocenters. The third kappa shape index (κ3) is 2.08. The van der Waals surface area contributed by atoms with Gasteiger partial charge in [0.15, 0.2) is 3.92 Å². The van der Waals surface area contributed by atoms with Crippen molar-refractivity contribution in [3.05, 3.63) is 39.9 Å². The summed E-state index contributed by atoms with van der Waals surface area (Å²) >= 11 is 4.65. The third-order valence-corrected chi connectivity index (χ3v) is 3.43. The van der Waals surface area contributed by atoms with E-state index in [1.54, 1.807) is 0 Å². The van der Waals surface area contributed by atoms with E-state index in [0.29, 0.717) is 9.61 Å². The monoisotopic (exact) mass is 282 g/mol. The molecule has 0 spiro atoms. The van der Waals surface area contributed by atoms with Gasteiger partial charge in [-0.15, -0.1) is 11.3 Å². The summed E-state index contributed by atoms with van der Waals surface area (Å²) in [5.41, 5.74) is 6.52. The Morgan fingerprint density at radius 1 is 1.33 bits per heavy atom. The van der Waals surface area contributed by atoms with Crippen LogP contribution in [0.4, 0.5) is 0 Å². The molecule has 1 heterocycles. The van der Waals surface area contributed by atoms with Gasteiger partial charge < -0.3 is 5.73 Å². The van der Waals surface area contributed by atoms with Gasteiger partial charge in [0.05, 0.1) is 4.88 Å². The zero-order valence-electron chi connectivity index (χ0n) is 7.61. The van der Waals surface area contributed by atoms with Gasteiger partial charge in [0.2, 0.25) is 0 Å². The Bertz CT molecular complexity index is 495. The van der Waals surface area contributed by atoms with Crippen LogP contribution in [0, 0.1) is 0 Å². The fourth-order valence-corrected chi connectivity index (χ4v) is 2.71. The number of nitrogens with two attached hydrogens (primary N) is 1. The Balaban J connectivity index is 2.58. The second-order valence-electron chi connectivity index (χ2n) is 2.87. The predicted molar refractivity (Wildman–Crippen MR) is 63.8 cm³/mol. The SMILES string of the molecule is NC(=O)c1nc(Br)sc1-c1ccccc1. The quantitative estimate of drug-likeness (QED) is 0.921. The summed E-state index contributed by atoms with van der Waals surface area (Å²) in [7, 11) is 0. The summed E-state index contributed by atoms with van der Waals surface area (Å²) in [5.74, 6) is -0.504. The lowest BCUT2D eigenvalue weighted by atomic mass is 10.1. The number of primary amides is 1. The molecule has 0 fully saturated rings. The summed E-state index contributed by atoms with van der Waals surface area (Å²) in [5, 5.41) is 0. The average molecular weight is 283 g/mol. The van der Waals surface area contributed by atoms with Gasteiger partial charge in [0.25, 0.3) is 5.91 Å². The Morgan fingerprint density at radius 2 is 2.00 bits per heavy atom. The van der Waals surface area contributed by atoms with Gasteiger partial charge in [-0.1, -0.05) is 30.3 Å². The maximum atomic E-state index is 11.2. The number of halogens is 1. The normalized spacial score (nSPS) is 10.2. The van der Waals surface area contributed by atoms with Gasteiger partial charge in [-0.05, 0) is 21.5 Å². The van der Waals surface area contributed by atoms with Crippen molar-refractivity contribution in [2.45, 2.75) is 0 Å². The molecule has 2 aromatic rings. The van der Waals surface area contributed by atoms with E-state index in [1.165, 1.54) is 11.3 Å². The van der Waals surface area contributed by atoms with E-state index < -0.39 is 5.91 Å². The highest BCUT2D eigenvalue weighted by atomic mass is 79.9. The van der Waals surface area contributed by atoms with E-state index in [-0.39, 0.29) is 0 Å². The number of hydrogen-bond donors (Lipinski definition) is 1. The zero-order chi connectivity index (χ0) is 10.8. The van der Waals surface area contributed by atoms with Crippen LogP contribution in [-0.4, -0.2) is 10.9 Å². The Labute approximate surface area is 99.1 Å². The van der Waals surface area contributed by atoms with Gasteiger partial charge in [0, 0.05) is 0 Å². The topological polar surface area (TPSA) is 56.0 Å². The smallest absolute Gasteiger partial charge is 0.268 e. The summed E-state index contributed by atoms with van der Waals surface area (Å²) in [6, 6.07) is 9.59. The number of carbonyl (C=O) groups is 1. The number of nitrogens with zero attached hydrogens (tertiary/aromatic N) is 1. The lowest BCUT2D eigenvalue weighted by molar-refractivity contribution is 0.0997. The van der Waals surface area contributed by atoms with Crippen molar-refractivity contribution in [1.29, 1.82) is 0 Å². The second kappa shape index (κ2) is 4.12. The van der Waals surface area contributed by atoms with E-state index in [4.69, 9.17) is 5.73 Å². The number of hydrogen-bond acceptors (Lipinski definition) is 3. The molecule has 1 aromatic heterocycles. The van der Waals surface area contributed by atoms with Gasteiger partial charge in [-0.25, -0.2) is 4.98 Å². The minimum Gasteiger partial charge on any atom is -0.364 e. The fourth-order valence-electron chi connectivity index (χ4n) is 1.25. The first kappa shape index (κ1) is 10.3. The molecule has 0 saturated heterocycles. The van der Waals surface area contributed by atoms with E-state index in [2.05, 4.69) is 20.9 Å². The van der Waals surface area contributed by atoms with Crippen LogP contribution in [0.3, 0.4) is 0 Å². The van der Waals surface area contributed by atoms with Crippen LogP contribution >= 0.6 is 27.3 Å². The first-order chi connectivity index (χ1) is 7.18. The number of rotatable bonds is 2. The molecule has 2 N–H and O–H groups in total. The minimum atomic E-state index is -0.504. The largest absolute Gasteiger partial charge is 0.364 e. The number of carbonyl (C=O) groups excluding carboxylic acids is 1. The first-order valence-corrected chi connectivity index (χ1v) is 5.81. The van der Waals surface area contributed by atoms with Crippen LogP contribution in [0.25, 0.3) is 10.4 Å². The molecule has 0 saturated carbocycles. The predicted octanol–water partition coefficient (Wildman–Crippen LogP) is 2.67. The minimum absolute atomic E-state index is 0.318. The van der Waals surface area contributed by atoms with Crippen LogP contribution in [0.2, 0.25) is 0 Å². The standard InChI is InChI=1S/C10H7BrN2OS/c11-10-13-7(9(12)14)8(15-10)6-4-2-1-3-5-6/h1-5H,(H2,12,14). The van der Waals surface area contributed by atoms with E-state index in [1.807, 2.05) is 30.3 Å². The van der Waals surface area contributed by atoms with Crippen molar-refractivity contribution in [1.82, 2.24) is 4.98 Å². The van der Waals surface area contributed by atoms with Crippen LogP contribution in [0.5, 0.6) is 0 Å². The van der Waals surface area contributed by atoms with Crippen molar-refractivity contribution in [3.63, 3.8) is 0 Å². The zero-order valence-corrected chi connectivity index (χ0v) is 10.0. The van der Waals surface area contributed by atoms with Crippen LogP contribution in [0.1, 0.15) is 10.5 Å². The van der Waals surface area contributed by atoms with Crippen molar-refractivity contribution in [3.8, 4) is 10.4 Å². The molecule has 5 heteroatoms. The van der Waals surface area contributed by atoms with Crippen molar-refractivity contribution in [2.24, 2.45) is 5.73 Å². The summed E-state index contributed by atoms with van der Waals surface area (Å²) in [6.45, 7) is 0. The summed E-state index contributed by atoms with van der Waals surface area (Å²) in [4.78, 5) is 16.0. The molecule has 3 nitrogen and oxygen atoms in total. The highest BCUT2D eigenvalue weighted by Crippen LogP contribution is 2.32. The Hall–Kier alpha value is -1.20. The molecular formula is C10H7BrN2OS. The number of amides is 1. The maximum absolute atomic E-state index is 11.2. The molecule has 2 rings (SSSR count). The summed E-state index contributed by atoms with van der Waals surface area (Å²) in [6.07, 6.45) is 0. The molecule has 1 amide bonds. The molecule has 0 unspecified atom stereocenters. The molecule has 76 valence electrons. The molecule has 15 heavy (non-hydrogen) atoms. The first-order valence-electron chi connectivity index (χ1n) is 4.20. The molecule has 0 aliphatic heterocycles. The second-order valence-corrected chi connectivity index (χ2v) is 5.15. The van der Waals surface area contributed by atoms with E-state index in [0.717, 1.165) is 10.4 Å². The van der Waals surface area contributed by atoms with Crippen molar-refractivity contribution >= 4 is 33.2 Å². The molecular weight excluding hydrogens is 276 g/mol. The van der Waals surface area contributed by atoms with E-state index in [9.17, 15) is 4.79 Å². The highest BCUT2D eigenvalue weighted by Gasteiger charge is 2.15. The Kier molecular flexibility index (Phi) is 2.83. The summed E-state index contributed by atoms with van der Waals surface area (Å²) < 4.78 is 0.662. The number of thiazole rings is 1. The van der Waals surface area contributed by atoms with Crippen LogP contribution < -0.4 is 5.73 Å². The van der Waals surface area contributed by atoms with Gasteiger partial charge in [0.1, 0.15) is 5.69 Å². The van der Waals surface area contributed by atoms with Crippen LogP contribution in [0.15, 0.2) is 34.2 Å². The molecule has 0 bridgehead atoms. The van der Waals surface area contributed by atoms with Gasteiger partial charge >= 0.3 is 0 Å². The maximum Gasteiger partial charge on any atom is 0.268 e. The number of aromatic nitrogens is 1. The molecule has 0 aliphatic rings. The molecule has 0 aliphatic carbocycles. The number of benzene rings is 1. The highest BCUT2D eigenvalue weighted by molar-refractivity contribution is 9.11. The molecule has 1 aromatic carbocycles. The lowest BCUT2D eigenvalue weighted by Gasteiger charge is -1.97.